The van der Waals surface area contributed by atoms with Crippen LogP contribution in [0.15, 0.2) is 60.7 Å². The highest BCUT2D eigenvalue weighted by Crippen LogP contribution is 2.33. The maximum atomic E-state index is 12.6. The number of ether oxygens (including phenoxy) is 5. The molecule has 4 rings (SSSR count). The van der Waals surface area contributed by atoms with Crippen LogP contribution in [0.4, 0.5) is 0 Å². The van der Waals surface area contributed by atoms with Gasteiger partial charge in [-0.2, -0.15) is 5.26 Å². The first-order chi connectivity index (χ1) is 15.6. The number of aryl methyl sites for hydroxylation is 1. The summed E-state index contributed by atoms with van der Waals surface area (Å²) in [6.07, 6.45) is -1.05. The quantitative estimate of drug-likeness (QED) is 0.510. The van der Waals surface area contributed by atoms with Crippen LogP contribution < -0.4 is 18.9 Å². The first-order valence-corrected chi connectivity index (χ1v) is 9.94. The van der Waals surface area contributed by atoms with Gasteiger partial charge in [0.15, 0.2) is 11.5 Å². The topological polar surface area (TPSA) is 87.0 Å². The number of rotatable bonds is 7. The smallest absolute Gasteiger partial charge is 0.351 e. The number of carbonyl (C=O) groups excluding carboxylic acids is 1. The van der Waals surface area contributed by atoms with Crippen molar-refractivity contribution in [3.63, 3.8) is 0 Å². The summed E-state index contributed by atoms with van der Waals surface area (Å²) < 4.78 is 27.6. The Balaban J connectivity index is 1.57. The monoisotopic (exact) mass is 431 g/mol. The summed E-state index contributed by atoms with van der Waals surface area (Å²) in [7, 11) is 1.30. The van der Waals surface area contributed by atoms with E-state index in [1.54, 1.807) is 30.3 Å². The molecule has 3 aromatic rings. The molecule has 0 bridgehead atoms. The fourth-order valence-corrected chi connectivity index (χ4v) is 3.32. The zero-order valence-electron chi connectivity index (χ0n) is 17.7. The molecule has 7 heteroatoms. The van der Waals surface area contributed by atoms with Gasteiger partial charge in [-0.15, -0.1) is 0 Å². The van der Waals surface area contributed by atoms with E-state index in [0.29, 0.717) is 40.7 Å². The average molecular weight is 431 g/mol. The molecule has 1 unspecified atom stereocenters. The normalized spacial score (nSPS) is 12.5. The van der Waals surface area contributed by atoms with Crippen molar-refractivity contribution in [2.45, 2.75) is 19.6 Å². The van der Waals surface area contributed by atoms with E-state index in [9.17, 15) is 10.1 Å². The number of carbonyl (C=O) groups is 1. The van der Waals surface area contributed by atoms with Gasteiger partial charge in [0.1, 0.15) is 24.2 Å². The summed E-state index contributed by atoms with van der Waals surface area (Å²) in [6, 6.07) is 19.8. The lowest BCUT2D eigenvalue weighted by atomic mass is 10.0. The van der Waals surface area contributed by atoms with E-state index in [-0.39, 0.29) is 6.79 Å². The number of para-hydroxylation sites is 1. The molecule has 0 spiro atoms. The summed E-state index contributed by atoms with van der Waals surface area (Å²) in [5.41, 5.74) is 2.66. The van der Waals surface area contributed by atoms with Crippen LogP contribution in [-0.2, 0) is 16.1 Å². The summed E-state index contributed by atoms with van der Waals surface area (Å²) >= 11 is 0. The Morgan fingerprint density at radius 1 is 1.09 bits per heavy atom. The second-order valence-corrected chi connectivity index (χ2v) is 7.12. The van der Waals surface area contributed by atoms with Crippen molar-refractivity contribution in [2.75, 3.05) is 13.9 Å². The van der Waals surface area contributed by atoms with Crippen molar-refractivity contribution in [1.82, 2.24) is 0 Å². The van der Waals surface area contributed by atoms with E-state index in [1.807, 2.05) is 37.3 Å². The number of esters is 1. The van der Waals surface area contributed by atoms with Crippen molar-refractivity contribution < 1.29 is 28.5 Å². The van der Waals surface area contributed by atoms with E-state index in [2.05, 4.69) is 6.07 Å². The molecule has 1 aliphatic rings. The maximum absolute atomic E-state index is 12.6. The third-order valence-corrected chi connectivity index (χ3v) is 5.04. The first kappa shape index (κ1) is 21.1. The minimum Gasteiger partial charge on any atom is -0.489 e. The van der Waals surface area contributed by atoms with Gasteiger partial charge in [0.2, 0.25) is 12.9 Å². The number of nitriles is 1. The molecule has 0 saturated heterocycles. The van der Waals surface area contributed by atoms with Gasteiger partial charge >= 0.3 is 5.97 Å². The molecule has 32 heavy (non-hydrogen) atoms. The molecule has 0 N–H and O–H groups in total. The molecule has 0 aromatic heterocycles. The highest BCUT2D eigenvalue weighted by atomic mass is 16.7. The second-order valence-electron chi connectivity index (χ2n) is 7.12. The van der Waals surface area contributed by atoms with Crippen LogP contribution in [0.25, 0.3) is 0 Å². The van der Waals surface area contributed by atoms with Crippen molar-refractivity contribution in [3.05, 3.63) is 82.9 Å². The number of benzene rings is 3. The van der Waals surface area contributed by atoms with Gasteiger partial charge in [-0.3, -0.25) is 0 Å². The van der Waals surface area contributed by atoms with E-state index in [0.717, 1.165) is 11.1 Å². The summed E-state index contributed by atoms with van der Waals surface area (Å²) in [5.74, 6) is 1.69. The van der Waals surface area contributed by atoms with Crippen LogP contribution in [0, 0.1) is 18.3 Å². The predicted octanol–water partition coefficient (Wildman–Crippen LogP) is 4.47. The van der Waals surface area contributed by atoms with E-state index < -0.39 is 12.1 Å². The van der Waals surface area contributed by atoms with Crippen LogP contribution in [0.1, 0.15) is 28.4 Å². The summed E-state index contributed by atoms with van der Waals surface area (Å²) in [6.45, 7) is 2.39. The molecule has 0 saturated carbocycles. The molecule has 1 aliphatic heterocycles. The molecule has 162 valence electrons. The van der Waals surface area contributed by atoms with Crippen LogP contribution in [-0.4, -0.2) is 19.9 Å². The fraction of sp³-hybridized carbons (Fsp3) is 0.200. The number of hydrogen-bond donors (Lipinski definition) is 0. The van der Waals surface area contributed by atoms with Gasteiger partial charge in [-0.25, -0.2) is 4.79 Å². The molecule has 3 aromatic carbocycles. The zero-order valence-corrected chi connectivity index (χ0v) is 17.7. The largest absolute Gasteiger partial charge is 0.489 e. The SMILES string of the molecule is COC(=O)C(Oc1ccccc1C#N)c1cc(OCc2ccc3c(c2)OCO3)ccc1C. The third-order valence-electron chi connectivity index (χ3n) is 5.04. The van der Waals surface area contributed by atoms with Gasteiger partial charge in [0.05, 0.1) is 12.7 Å². The Hall–Kier alpha value is -4.18. The molecule has 0 aliphatic carbocycles. The van der Waals surface area contributed by atoms with Crippen LogP contribution in [0.3, 0.4) is 0 Å². The van der Waals surface area contributed by atoms with Gasteiger partial charge in [-0.05, 0) is 54.4 Å². The second kappa shape index (κ2) is 9.31. The van der Waals surface area contributed by atoms with Crippen molar-refractivity contribution >= 4 is 5.97 Å². The molecule has 7 nitrogen and oxygen atoms in total. The van der Waals surface area contributed by atoms with Crippen LogP contribution in [0.5, 0.6) is 23.0 Å². The Bertz CT molecular complexity index is 1180. The van der Waals surface area contributed by atoms with E-state index in [4.69, 9.17) is 23.7 Å². The molecular weight excluding hydrogens is 410 g/mol. The zero-order chi connectivity index (χ0) is 22.5. The molecule has 0 radical (unpaired) electrons. The number of nitrogens with zero attached hydrogens (tertiary/aromatic N) is 1. The van der Waals surface area contributed by atoms with Crippen LogP contribution >= 0.6 is 0 Å². The van der Waals surface area contributed by atoms with E-state index in [1.165, 1.54) is 7.11 Å². The van der Waals surface area contributed by atoms with E-state index >= 15 is 0 Å². The van der Waals surface area contributed by atoms with Gasteiger partial charge in [-0.1, -0.05) is 24.3 Å². The molecule has 0 fully saturated rings. The highest BCUT2D eigenvalue weighted by molar-refractivity contribution is 5.77. The lowest BCUT2D eigenvalue weighted by molar-refractivity contribution is -0.149. The van der Waals surface area contributed by atoms with Gasteiger partial charge in [0, 0.05) is 5.56 Å². The lowest BCUT2D eigenvalue weighted by Crippen LogP contribution is -2.21. The Morgan fingerprint density at radius 2 is 1.91 bits per heavy atom. The Kier molecular flexibility index (Phi) is 6.13. The molecular formula is C25H21NO6. The average Bonchev–Trinajstić information content (AvgIpc) is 3.30. The number of hydrogen-bond acceptors (Lipinski definition) is 7. The van der Waals surface area contributed by atoms with Crippen LogP contribution in [0.2, 0.25) is 0 Å². The molecule has 0 amide bonds. The van der Waals surface area contributed by atoms with Crippen molar-refractivity contribution in [2.24, 2.45) is 0 Å². The van der Waals surface area contributed by atoms with Gasteiger partial charge in [0.25, 0.3) is 0 Å². The minimum absolute atomic E-state index is 0.213. The fourth-order valence-electron chi connectivity index (χ4n) is 3.32. The molecule has 1 heterocycles. The minimum atomic E-state index is -1.05. The first-order valence-electron chi connectivity index (χ1n) is 9.94. The van der Waals surface area contributed by atoms with Crippen molar-refractivity contribution in [1.29, 1.82) is 5.26 Å². The number of methoxy groups -OCH3 is 1. The molecule has 1 atom stereocenters. The highest BCUT2D eigenvalue weighted by Gasteiger charge is 2.27. The number of fused-ring (bicyclic) bond motifs is 1. The lowest BCUT2D eigenvalue weighted by Gasteiger charge is -2.20. The predicted molar refractivity (Wildman–Crippen MR) is 115 cm³/mol. The Morgan fingerprint density at radius 3 is 2.72 bits per heavy atom. The third kappa shape index (κ3) is 4.44. The summed E-state index contributed by atoms with van der Waals surface area (Å²) in [4.78, 5) is 12.6. The Labute approximate surface area is 185 Å². The van der Waals surface area contributed by atoms with Gasteiger partial charge < -0.3 is 23.7 Å². The standard InChI is InChI=1S/C25H21NO6/c1-16-7-9-19(29-14-17-8-10-22-23(11-17)31-15-30-22)12-20(16)24(25(27)28-2)32-21-6-4-3-5-18(21)13-26/h3-12,24H,14-15H2,1-2H3. The van der Waals surface area contributed by atoms with Crippen molar-refractivity contribution in [3.8, 4) is 29.1 Å². The summed E-state index contributed by atoms with van der Waals surface area (Å²) in [5, 5.41) is 9.35. The maximum Gasteiger partial charge on any atom is 0.351 e.